The van der Waals surface area contributed by atoms with E-state index in [-0.39, 0.29) is 5.75 Å². The molecule has 3 rings (SSSR count). The summed E-state index contributed by atoms with van der Waals surface area (Å²) >= 11 is 0. The molecule has 130 valence electrons. The highest BCUT2D eigenvalue weighted by atomic mass is 32.2. The third-order valence-corrected chi connectivity index (χ3v) is 5.33. The Bertz CT molecular complexity index is 745. The number of sulfonamides is 1. The Hall–Kier alpha value is -1.90. The van der Waals surface area contributed by atoms with Crippen LogP contribution in [0.15, 0.2) is 42.6 Å². The summed E-state index contributed by atoms with van der Waals surface area (Å²) in [6.45, 7) is 3.60. The van der Waals surface area contributed by atoms with Crippen molar-refractivity contribution >= 4 is 15.8 Å². The fourth-order valence-electron chi connectivity index (χ4n) is 2.77. The number of hydrogen-bond acceptors (Lipinski definition) is 5. The van der Waals surface area contributed by atoms with Gasteiger partial charge in [-0.2, -0.15) is 5.10 Å². The lowest BCUT2D eigenvalue weighted by atomic mass is 10.1. The zero-order valence-electron chi connectivity index (χ0n) is 13.5. The van der Waals surface area contributed by atoms with Crippen LogP contribution in [0.25, 0.3) is 0 Å². The zero-order chi connectivity index (χ0) is 16.8. The van der Waals surface area contributed by atoms with Gasteiger partial charge < -0.3 is 10.6 Å². The zero-order valence-corrected chi connectivity index (χ0v) is 14.3. The predicted molar refractivity (Wildman–Crippen MR) is 94.1 cm³/mol. The molecular formula is C16H23N5O2S. The van der Waals surface area contributed by atoms with E-state index >= 15 is 0 Å². The van der Waals surface area contributed by atoms with Crippen LogP contribution in [-0.2, 0) is 22.3 Å². The Kier molecular flexibility index (Phi) is 5.49. The number of anilines is 1. The van der Waals surface area contributed by atoms with Gasteiger partial charge in [-0.05, 0) is 5.56 Å². The number of rotatable bonds is 8. The van der Waals surface area contributed by atoms with Crippen LogP contribution in [0, 0.1) is 5.92 Å². The van der Waals surface area contributed by atoms with Crippen molar-refractivity contribution in [1.29, 1.82) is 0 Å². The van der Waals surface area contributed by atoms with E-state index in [0.29, 0.717) is 19.0 Å². The van der Waals surface area contributed by atoms with E-state index in [1.165, 1.54) is 0 Å². The maximum absolute atomic E-state index is 12.0. The summed E-state index contributed by atoms with van der Waals surface area (Å²) < 4.78 is 28.6. The Morgan fingerprint density at radius 1 is 1.21 bits per heavy atom. The second kappa shape index (κ2) is 7.78. The van der Waals surface area contributed by atoms with Gasteiger partial charge in [0.05, 0.1) is 11.9 Å². The van der Waals surface area contributed by atoms with Gasteiger partial charge in [0.15, 0.2) is 0 Å². The molecule has 2 aromatic rings. The van der Waals surface area contributed by atoms with E-state index in [9.17, 15) is 8.42 Å². The highest BCUT2D eigenvalue weighted by molar-refractivity contribution is 7.88. The number of aromatic nitrogens is 2. The maximum Gasteiger partial charge on any atom is 0.215 e. The van der Waals surface area contributed by atoms with Gasteiger partial charge in [-0.3, -0.25) is 0 Å². The molecule has 0 unspecified atom stereocenters. The second-order valence-electron chi connectivity index (χ2n) is 5.99. The van der Waals surface area contributed by atoms with E-state index in [2.05, 4.69) is 20.5 Å². The first-order chi connectivity index (χ1) is 11.6. The van der Waals surface area contributed by atoms with E-state index in [1.54, 1.807) is 6.20 Å². The summed E-state index contributed by atoms with van der Waals surface area (Å²) in [5.41, 5.74) is 0.793. The molecule has 0 radical (unpaired) electrons. The Morgan fingerprint density at radius 3 is 2.88 bits per heavy atom. The van der Waals surface area contributed by atoms with Gasteiger partial charge in [0.1, 0.15) is 5.82 Å². The van der Waals surface area contributed by atoms with E-state index in [1.807, 2.05) is 41.1 Å². The average molecular weight is 349 g/mol. The van der Waals surface area contributed by atoms with Crippen molar-refractivity contribution < 1.29 is 8.42 Å². The van der Waals surface area contributed by atoms with Crippen molar-refractivity contribution in [1.82, 2.24) is 19.8 Å². The molecule has 7 nitrogen and oxygen atoms in total. The molecule has 0 fully saturated rings. The fourth-order valence-corrected chi connectivity index (χ4v) is 3.92. The predicted octanol–water partition coefficient (Wildman–Crippen LogP) is 0.634. The standard InChI is InChI=1S/C16H23N5O2S/c22-24(23,13-14-4-2-1-3-5-14)20-9-8-17-10-15-11-18-16-6-7-19-21(16)12-15/h1-7,15,17-18,20H,8-13H2/t15-/m1/s1. The van der Waals surface area contributed by atoms with Crippen molar-refractivity contribution in [3.8, 4) is 0 Å². The molecule has 1 aliphatic rings. The number of nitrogens with one attached hydrogen (secondary N) is 3. The van der Waals surface area contributed by atoms with Crippen molar-refractivity contribution in [2.45, 2.75) is 12.3 Å². The molecule has 24 heavy (non-hydrogen) atoms. The summed E-state index contributed by atoms with van der Waals surface area (Å²) in [6.07, 6.45) is 1.79. The number of fused-ring (bicyclic) bond motifs is 1. The molecule has 0 amide bonds. The molecule has 0 saturated carbocycles. The highest BCUT2D eigenvalue weighted by Crippen LogP contribution is 2.15. The minimum Gasteiger partial charge on any atom is -0.370 e. The minimum atomic E-state index is -3.29. The lowest BCUT2D eigenvalue weighted by Crippen LogP contribution is -2.38. The molecule has 0 bridgehead atoms. The first-order valence-corrected chi connectivity index (χ1v) is 9.75. The summed E-state index contributed by atoms with van der Waals surface area (Å²) in [5.74, 6) is 1.51. The van der Waals surface area contributed by atoms with E-state index in [4.69, 9.17) is 0 Å². The van der Waals surface area contributed by atoms with Gasteiger partial charge in [0.25, 0.3) is 0 Å². The Balaban J connectivity index is 1.34. The van der Waals surface area contributed by atoms with Crippen molar-refractivity contribution in [2.24, 2.45) is 5.92 Å². The first kappa shape index (κ1) is 16.9. The molecule has 8 heteroatoms. The number of nitrogens with zero attached hydrogens (tertiary/aromatic N) is 2. The van der Waals surface area contributed by atoms with Crippen molar-refractivity contribution in [3.63, 3.8) is 0 Å². The van der Waals surface area contributed by atoms with Gasteiger partial charge in [-0.1, -0.05) is 30.3 Å². The van der Waals surface area contributed by atoms with Crippen LogP contribution in [0.1, 0.15) is 5.56 Å². The monoisotopic (exact) mass is 349 g/mol. The summed E-state index contributed by atoms with van der Waals surface area (Å²) in [6, 6.07) is 11.2. The molecule has 3 N–H and O–H groups in total. The molecule has 1 aromatic carbocycles. The normalized spacial score (nSPS) is 17.2. The largest absolute Gasteiger partial charge is 0.370 e. The van der Waals surface area contributed by atoms with Gasteiger partial charge in [-0.15, -0.1) is 0 Å². The number of hydrogen-bond donors (Lipinski definition) is 3. The first-order valence-electron chi connectivity index (χ1n) is 8.10. The molecule has 2 heterocycles. The lowest BCUT2D eigenvalue weighted by molar-refractivity contribution is 0.393. The fraction of sp³-hybridized carbons (Fsp3) is 0.438. The quantitative estimate of drug-likeness (QED) is 0.609. The average Bonchev–Trinajstić information content (AvgIpc) is 3.02. The van der Waals surface area contributed by atoms with Gasteiger partial charge in [0.2, 0.25) is 10.0 Å². The van der Waals surface area contributed by atoms with Gasteiger partial charge in [-0.25, -0.2) is 17.8 Å². The van der Waals surface area contributed by atoms with E-state index in [0.717, 1.165) is 31.0 Å². The maximum atomic E-state index is 12.0. The Morgan fingerprint density at radius 2 is 2.04 bits per heavy atom. The van der Waals surface area contributed by atoms with E-state index < -0.39 is 10.0 Å². The van der Waals surface area contributed by atoms with Crippen molar-refractivity contribution in [3.05, 3.63) is 48.2 Å². The molecule has 0 spiro atoms. The molecule has 1 aromatic heterocycles. The lowest BCUT2D eigenvalue weighted by Gasteiger charge is -2.25. The molecule has 1 aliphatic heterocycles. The molecule has 0 aliphatic carbocycles. The van der Waals surface area contributed by atoms with Crippen LogP contribution in [-0.4, -0.2) is 44.4 Å². The smallest absolute Gasteiger partial charge is 0.215 e. The van der Waals surface area contributed by atoms with Crippen LogP contribution in [0.3, 0.4) is 0 Å². The third-order valence-electron chi connectivity index (χ3n) is 3.98. The summed E-state index contributed by atoms with van der Waals surface area (Å²) in [7, 11) is -3.29. The van der Waals surface area contributed by atoms with Gasteiger partial charge in [0, 0.05) is 44.7 Å². The molecule has 0 saturated heterocycles. The van der Waals surface area contributed by atoms with Crippen LogP contribution in [0.4, 0.5) is 5.82 Å². The van der Waals surface area contributed by atoms with Crippen LogP contribution in [0.2, 0.25) is 0 Å². The van der Waals surface area contributed by atoms with Crippen molar-refractivity contribution in [2.75, 3.05) is 31.5 Å². The molecular weight excluding hydrogens is 326 g/mol. The summed E-state index contributed by atoms with van der Waals surface area (Å²) in [5, 5.41) is 10.9. The van der Waals surface area contributed by atoms with Crippen LogP contribution in [0.5, 0.6) is 0 Å². The molecule has 1 atom stereocenters. The number of benzene rings is 1. The SMILES string of the molecule is O=S(=O)(Cc1ccccc1)NCCNC[C@@H]1CNc2ccnn2C1. The van der Waals surface area contributed by atoms with Crippen LogP contribution >= 0.6 is 0 Å². The van der Waals surface area contributed by atoms with Gasteiger partial charge >= 0.3 is 0 Å². The Labute approximate surface area is 142 Å². The van der Waals surface area contributed by atoms with Crippen LogP contribution < -0.4 is 15.4 Å². The summed E-state index contributed by atoms with van der Waals surface area (Å²) in [4.78, 5) is 0. The minimum absolute atomic E-state index is 0.0163. The topological polar surface area (TPSA) is 88.1 Å². The third kappa shape index (κ3) is 4.80. The highest BCUT2D eigenvalue weighted by Gasteiger charge is 2.17. The second-order valence-corrected chi connectivity index (χ2v) is 7.80.